The van der Waals surface area contributed by atoms with E-state index >= 15 is 0 Å². The minimum absolute atomic E-state index is 0.209. The van der Waals surface area contributed by atoms with Crippen molar-refractivity contribution in [1.82, 2.24) is 49.8 Å². The Kier molecular flexibility index (Phi) is 5.11. The van der Waals surface area contributed by atoms with Crippen LogP contribution in [0.5, 0.6) is 0 Å². The van der Waals surface area contributed by atoms with Gasteiger partial charge >= 0.3 is 0 Å². The zero-order chi connectivity index (χ0) is 22.1. The number of tetrazole rings is 2. The van der Waals surface area contributed by atoms with Crippen LogP contribution >= 0.6 is 11.8 Å². The summed E-state index contributed by atoms with van der Waals surface area (Å²) in [5, 5.41) is 24.5. The molecule has 0 aliphatic rings. The maximum Gasteiger partial charge on any atom is 0.297 e. The number of nitrogens with zero attached hydrogens (tertiary/aromatic N) is 10. The number of thioether (sulfide) groups is 1. The lowest BCUT2D eigenvalue weighted by Crippen LogP contribution is -2.22. The normalized spacial score (nSPS) is 11.2. The Morgan fingerprint density at radius 3 is 2.19 bits per heavy atom. The van der Waals surface area contributed by atoms with Crippen LogP contribution in [0.1, 0.15) is 11.5 Å². The van der Waals surface area contributed by atoms with Gasteiger partial charge in [0.1, 0.15) is 0 Å². The number of rotatable bonds is 6. The van der Waals surface area contributed by atoms with E-state index in [1.165, 1.54) is 16.4 Å². The van der Waals surface area contributed by atoms with Crippen molar-refractivity contribution in [2.45, 2.75) is 17.8 Å². The van der Waals surface area contributed by atoms with Crippen molar-refractivity contribution < 1.29 is 0 Å². The first-order valence-electron chi connectivity index (χ1n) is 9.73. The fraction of sp³-hybridized carbons (Fsp3) is 0.150. The fourth-order valence-corrected chi connectivity index (χ4v) is 4.18. The van der Waals surface area contributed by atoms with Gasteiger partial charge in [-0.2, -0.15) is 9.36 Å². The molecule has 0 aliphatic carbocycles. The van der Waals surface area contributed by atoms with Crippen LogP contribution in [0.25, 0.3) is 17.1 Å². The first kappa shape index (κ1) is 19.9. The summed E-state index contributed by atoms with van der Waals surface area (Å²) in [4.78, 5) is 13.3. The van der Waals surface area contributed by atoms with Crippen molar-refractivity contribution >= 4 is 11.8 Å². The van der Waals surface area contributed by atoms with Crippen LogP contribution in [-0.2, 0) is 12.8 Å². The maximum atomic E-state index is 13.3. The molecule has 2 aromatic carbocycles. The molecule has 5 rings (SSSR count). The topological polar surface area (TPSA) is 114 Å². The molecular weight excluding hydrogens is 428 g/mol. The standard InChI is InChI=1S/C20H18N10OS/c1-14-18(19(31)30(27(14)2)16-11-7-4-8-12-16)29-20(22-24-26-29)32-13-17-21-23-25-28(17)15-9-5-3-6-10-15/h3-12H,13H2,1-2H3. The van der Waals surface area contributed by atoms with Crippen molar-refractivity contribution in [3.05, 3.63) is 82.5 Å². The number of hydrogen-bond donors (Lipinski definition) is 0. The third kappa shape index (κ3) is 3.39. The maximum absolute atomic E-state index is 13.3. The number of benzene rings is 2. The second-order valence-corrected chi connectivity index (χ2v) is 7.86. The minimum atomic E-state index is -0.209. The Morgan fingerprint density at radius 2 is 1.47 bits per heavy atom. The number of para-hydroxylation sites is 2. The molecule has 3 aromatic heterocycles. The molecule has 0 atom stereocenters. The van der Waals surface area contributed by atoms with E-state index in [0.29, 0.717) is 22.4 Å². The van der Waals surface area contributed by atoms with Crippen molar-refractivity contribution in [3.8, 4) is 17.1 Å². The molecule has 0 saturated heterocycles. The molecule has 0 spiro atoms. The second-order valence-electron chi connectivity index (χ2n) is 6.91. The largest absolute Gasteiger partial charge is 0.297 e. The SMILES string of the molecule is Cc1c(-n2nnnc2SCc2nnnn2-c2ccccc2)c(=O)n(-c2ccccc2)n1C. The molecule has 0 unspecified atom stereocenters. The first-order chi connectivity index (χ1) is 15.6. The van der Waals surface area contributed by atoms with Gasteiger partial charge in [-0.3, -0.25) is 9.48 Å². The van der Waals surface area contributed by atoms with Gasteiger partial charge in [0.25, 0.3) is 5.56 Å². The highest BCUT2D eigenvalue weighted by Crippen LogP contribution is 2.23. The zero-order valence-electron chi connectivity index (χ0n) is 17.3. The molecule has 0 fully saturated rings. The lowest BCUT2D eigenvalue weighted by molar-refractivity contribution is 0.630. The van der Waals surface area contributed by atoms with Crippen LogP contribution in [0.15, 0.2) is 70.6 Å². The summed E-state index contributed by atoms with van der Waals surface area (Å²) in [6.07, 6.45) is 0. The summed E-state index contributed by atoms with van der Waals surface area (Å²) in [5.74, 6) is 1.06. The smallest absolute Gasteiger partial charge is 0.283 e. The fourth-order valence-electron chi connectivity index (χ4n) is 3.40. The molecule has 0 N–H and O–H groups in total. The Bertz CT molecular complexity index is 1420. The summed E-state index contributed by atoms with van der Waals surface area (Å²) in [5.41, 5.74) is 2.55. The molecule has 12 heteroatoms. The molecule has 160 valence electrons. The lowest BCUT2D eigenvalue weighted by atomic mass is 10.3. The summed E-state index contributed by atoms with van der Waals surface area (Å²) in [6, 6.07) is 19.1. The van der Waals surface area contributed by atoms with Gasteiger partial charge in [-0.25, -0.2) is 4.68 Å². The van der Waals surface area contributed by atoms with E-state index in [1.54, 1.807) is 14.0 Å². The third-order valence-electron chi connectivity index (χ3n) is 5.04. The van der Waals surface area contributed by atoms with Crippen molar-refractivity contribution in [2.75, 3.05) is 0 Å². The molecule has 0 bridgehead atoms. The Hall–Kier alpha value is -4.06. The van der Waals surface area contributed by atoms with E-state index in [1.807, 2.05) is 74.6 Å². The zero-order valence-corrected chi connectivity index (χ0v) is 18.1. The molecule has 3 heterocycles. The van der Waals surface area contributed by atoms with Crippen LogP contribution in [0.2, 0.25) is 0 Å². The molecule has 0 saturated carbocycles. The number of hydrogen-bond acceptors (Lipinski definition) is 8. The van der Waals surface area contributed by atoms with Gasteiger partial charge in [0, 0.05) is 7.05 Å². The van der Waals surface area contributed by atoms with E-state index < -0.39 is 0 Å². The van der Waals surface area contributed by atoms with Crippen LogP contribution in [0, 0.1) is 6.92 Å². The summed E-state index contributed by atoms with van der Waals surface area (Å²) < 4.78 is 6.52. The van der Waals surface area contributed by atoms with Crippen LogP contribution in [-0.4, -0.2) is 49.8 Å². The lowest BCUT2D eigenvalue weighted by Gasteiger charge is -2.07. The highest BCUT2D eigenvalue weighted by Gasteiger charge is 2.22. The van der Waals surface area contributed by atoms with Gasteiger partial charge < -0.3 is 0 Å². The molecule has 0 aliphatic heterocycles. The molecule has 0 radical (unpaired) electrons. The van der Waals surface area contributed by atoms with Gasteiger partial charge in [0.15, 0.2) is 11.5 Å². The van der Waals surface area contributed by atoms with Crippen LogP contribution < -0.4 is 5.56 Å². The monoisotopic (exact) mass is 446 g/mol. The first-order valence-corrected chi connectivity index (χ1v) is 10.7. The molecule has 32 heavy (non-hydrogen) atoms. The predicted octanol–water partition coefficient (Wildman–Crippen LogP) is 1.73. The Morgan fingerprint density at radius 1 is 0.844 bits per heavy atom. The highest BCUT2D eigenvalue weighted by atomic mass is 32.2. The van der Waals surface area contributed by atoms with Gasteiger partial charge in [-0.15, -0.1) is 10.2 Å². The van der Waals surface area contributed by atoms with E-state index in [9.17, 15) is 4.79 Å². The summed E-state index contributed by atoms with van der Waals surface area (Å²) in [7, 11) is 1.83. The van der Waals surface area contributed by atoms with E-state index in [-0.39, 0.29) is 5.56 Å². The van der Waals surface area contributed by atoms with Gasteiger partial charge in [0.2, 0.25) is 5.16 Å². The highest BCUT2D eigenvalue weighted by molar-refractivity contribution is 7.98. The molecule has 0 amide bonds. The van der Waals surface area contributed by atoms with E-state index in [2.05, 4.69) is 31.1 Å². The van der Waals surface area contributed by atoms with Gasteiger partial charge in [-0.05, 0) is 52.0 Å². The average Bonchev–Trinajstić information content (AvgIpc) is 3.53. The van der Waals surface area contributed by atoms with Crippen LogP contribution in [0.4, 0.5) is 0 Å². The molecule has 11 nitrogen and oxygen atoms in total. The predicted molar refractivity (Wildman–Crippen MR) is 117 cm³/mol. The van der Waals surface area contributed by atoms with Crippen LogP contribution in [0.3, 0.4) is 0 Å². The summed E-state index contributed by atoms with van der Waals surface area (Å²) in [6.45, 7) is 1.86. The van der Waals surface area contributed by atoms with Crippen molar-refractivity contribution in [1.29, 1.82) is 0 Å². The Labute approximate surface area is 186 Å². The molecular formula is C20H18N10OS. The van der Waals surface area contributed by atoms with E-state index in [0.717, 1.165) is 17.1 Å². The molecule has 5 aromatic rings. The Balaban J connectivity index is 1.48. The minimum Gasteiger partial charge on any atom is -0.283 e. The number of aromatic nitrogens is 10. The van der Waals surface area contributed by atoms with E-state index in [4.69, 9.17) is 0 Å². The van der Waals surface area contributed by atoms with Crippen molar-refractivity contribution in [3.63, 3.8) is 0 Å². The van der Waals surface area contributed by atoms with Gasteiger partial charge in [0.05, 0.1) is 22.8 Å². The summed E-state index contributed by atoms with van der Waals surface area (Å²) >= 11 is 1.35. The average molecular weight is 447 g/mol. The quantitative estimate of drug-likeness (QED) is 0.362. The third-order valence-corrected chi connectivity index (χ3v) is 5.96. The second kappa shape index (κ2) is 8.23. The van der Waals surface area contributed by atoms with Crippen molar-refractivity contribution in [2.24, 2.45) is 7.05 Å². The van der Waals surface area contributed by atoms with Gasteiger partial charge in [-0.1, -0.05) is 48.2 Å².